The molecule has 2 fully saturated rings. The number of urea groups is 1. The first-order valence-electron chi connectivity index (χ1n) is 7.97. The van der Waals surface area contributed by atoms with Gasteiger partial charge in [0.05, 0.1) is 5.60 Å². The smallest absolute Gasteiger partial charge is 0.315 e. The van der Waals surface area contributed by atoms with Crippen molar-refractivity contribution in [2.45, 2.75) is 44.4 Å². The Hall–Kier alpha value is -1.20. The summed E-state index contributed by atoms with van der Waals surface area (Å²) in [6, 6.07) is 8.28. The minimum atomic E-state index is -0.0732. The normalized spacial score (nSPS) is 27.8. The molecule has 0 radical (unpaired) electrons. The van der Waals surface area contributed by atoms with Gasteiger partial charge in [-0.3, -0.25) is 0 Å². The summed E-state index contributed by atoms with van der Waals surface area (Å²) in [7, 11) is 0. The van der Waals surface area contributed by atoms with Crippen LogP contribution in [-0.4, -0.2) is 35.8 Å². The topological polar surface area (TPSA) is 50.4 Å². The molecule has 1 aromatic carbocycles. The van der Waals surface area contributed by atoms with Gasteiger partial charge in [0.1, 0.15) is 0 Å². The van der Waals surface area contributed by atoms with Crippen molar-refractivity contribution in [2.75, 3.05) is 18.1 Å². The first-order valence-corrected chi connectivity index (χ1v) is 9.13. The van der Waals surface area contributed by atoms with Crippen LogP contribution >= 0.6 is 11.8 Å². The Morgan fingerprint density at radius 1 is 1.45 bits per heavy atom. The minimum Gasteiger partial charge on any atom is -0.374 e. The number of nitrogens with one attached hydrogen (secondary N) is 2. The molecule has 0 unspecified atom stereocenters. The van der Waals surface area contributed by atoms with Crippen LogP contribution < -0.4 is 10.6 Å². The lowest BCUT2D eigenvalue weighted by atomic mass is 9.90. The number of rotatable bonds is 3. The third kappa shape index (κ3) is 3.76. The molecule has 0 bridgehead atoms. The molecule has 2 atom stereocenters. The van der Waals surface area contributed by atoms with Crippen LogP contribution in [0.4, 0.5) is 4.79 Å². The summed E-state index contributed by atoms with van der Waals surface area (Å²) in [6.07, 6.45) is 2.96. The zero-order chi connectivity index (χ0) is 15.4. The van der Waals surface area contributed by atoms with Crippen molar-refractivity contribution in [2.24, 2.45) is 0 Å². The van der Waals surface area contributed by atoms with Gasteiger partial charge in [0.15, 0.2) is 0 Å². The van der Waals surface area contributed by atoms with E-state index in [4.69, 9.17) is 4.74 Å². The van der Waals surface area contributed by atoms with Crippen LogP contribution in [0.25, 0.3) is 0 Å². The Morgan fingerprint density at radius 3 is 3.09 bits per heavy atom. The highest BCUT2D eigenvalue weighted by atomic mass is 32.2. The summed E-state index contributed by atoms with van der Waals surface area (Å²) in [5.41, 5.74) is 2.38. The van der Waals surface area contributed by atoms with Crippen LogP contribution in [-0.2, 0) is 11.3 Å². The molecule has 0 saturated carbocycles. The molecule has 2 N–H and O–H groups in total. The minimum absolute atomic E-state index is 0.0108. The van der Waals surface area contributed by atoms with E-state index in [1.807, 2.05) is 23.9 Å². The first-order chi connectivity index (χ1) is 10.7. The number of hydrogen-bond acceptors (Lipinski definition) is 3. The number of thioether (sulfide) groups is 1. The van der Waals surface area contributed by atoms with Gasteiger partial charge in [-0.15, -0.1) is 0 Å². The molecule has 1 aromatic rings. The van der Waals surface area contributed by atoms with E-state index < -0.39 is 0 Å². The number of carbonyl (C=O) groups is 1. The fraction of sp³-hybridized carbons (Fsp3) is 0.588. The highest BCUT2D eigenvalue weighted by molar-refractivity contribution is 7.99. The fourth-order valence-electron chi connectivity index (χ4n) is 3.23. The lowest BCUT2D eigenvalue weighted by molar-refractivity contribution is -0.0684. The van der Waals surface area contributed by atoms with Gasteiger partial charge in [0.2, 0.25) is 0 Å². The molecule has 3 rings (SSSR count). The van der Waals surface area contributed by atoms with Crippen molar-refractivity contribution in [3.63, 3.8) is 0 Å². The number of aryl methyl sites for hydroxylation is 1. The number of hydrogen-bond donors (Lipinski definition) is 2. The highest BCUT2D eigenvalue weighted by Crippen LogP contribution is 2.38. The standard InChI is InChI=1S/C17H24N2O2S/c1-13-4-2-3-5-14(13)11-18-16(20)19-15-6-8-21-17(10-15)7-9-22-12-17/h2-5,15H,6-12H2,1H3,(H2,18,19,20)/t15-,17-/m1/s1. The largest absolute Gasteiger partial charge is 0.374 e. The number of benzene rings is 1. The van der Waals surface area contributed by atoms with Gasteiger partial charge >= 0.3 is 6.03 Å². The number of amides is 2. The van der Waals surface area contributed by atoms with Crippen molar-refractivity contribution < 1.29 is 9.53 Å². The number of ether oxygens (including phenoxy) is 1. The molecular weight excluding hydrogens is 296 g/mol. The molecule has 120 valence electrons. The maximum atomic E-state index is 12.1. The van der Waals surface area contributed by atoms with Crippen LogP contribution in [0, 0.1) is 6.92 Å². The van der Waals surface area contributed by atoms with E-state index in [9.17, 15) is 4.79 Å². The molecule has 5 heteroatoms. The summed E-state index contributed by atoms with van der Waals surface area (Å²) >= 11 is 1.96. The Kier molecular flexibility index (Phi) is 4.93. The molecule has 2 aliphatic rings. The SMILES string of the molecule is Cc1ccccc1CNC(=O)N[C@@H]1CCO[C@]2(CCSC2)C1. The predicted octanol–water partition coefficient (Wildman–Crippen LogP) is 2.85. The second kappa shape index (κ2) is 6.92. The summed E-state index contributed by atoms with van der Waals surface area (Å²) in [5, 5.41) is 6.09. The third-order valence-corrected chi connectivity index (χ3v) is 5.82. The van der Waals surface area contributed by atoms with Gasteiger partial charge in [-0.25, -0.2) is 4.79 Å². The van der Waals surface area contributed by atoms with Crippen molar-refractivity contribution in [1.29, 1.82) is 0 Å². The van der Waals surface area contributed by atoms with Crippen LogP contribution in [0.15, 0.2) is 24.3 Å². The highest BCUT2D eigenvalue weighted by Gasteiger charge is 2.40. The summed E-state index contributed by atoms with van der Waals surface area (Å²) in [4.78, 5) is 12.1. The van der Waals surface area contributed by atoms with Crippen molar-refractivity contribution in [1.82, 2.24) is 10.6 Å². The fourth-order valence-corrected chi connectivity index (χ4v) is 4.61. The Labute approximate surface area is 136 Å². The summed E-state index contributed by atoms with van der Waals surface area (Å²) in [6.45, 7) is 3.39. The molecule has 0 aliphatic carbocycles. The Balaban J connectivity index is 1.48. The lowest BCUT2D eigenvalue weighted by Crippen LogP contribution is -2.50. The maximum Gasteiger partial charge on any atom is 0.315 e. The van der Waals surface area contributed by atoms with Crippen molar-refractivity contribution >= 4 is 17.8 Å². The second-order valence-corrected chi connectivity index (χ2v) is 7.38. The Morgan fingerprint density at radius 2 is 2.32 bits per heavy atom. The predicted molar refractivity (Wildman–Crippen MR) is 90.2 cm³/mol. The van der Waals surface area contributed by atoms with E-state index in [2.05, 4.69) is 29.7 Å². The van der Waals surface area contributed by atoms with Crippen LogP contribution in [0.3, 0.4) is 0 Å². The molecule has 2 amide bonds. The first kappa shape index (κ1) is 15.7. The lowest BCUT2D eigenvalue weighted by Gasteiger charge is -2.38. The summed E-state index contributed by atoms with van der Waals surface area (Å²) in [5.74, 6) is 2.24. The molecule has 4 nitrogen and oxygen atoms in total. The number of carbonyl (C=O) groups excluding carboxylic acids is 1. The zero-order valence-electron chi connectivity index (χ0n) is 13.1. The van der Waals surface area contributed by atoms with Gasteiger partial charge in [0.25, 0.3) is 0 Å². The van der Waals surface area contributed by atoms with Crippen molar-refractivity contribution in [3.8, 4) is 0 Å². The Bertz CT molecular complexity index is 529. The van der Waals surface area contributed by atoms with Crippen molar-refractivity contribution in [3.05, 3.63) is 35.4 Å². The molecule has 0 aromatic heterocycles. The van der Waals surface area contributed by atoms with Gasteiger partial charge in [-0.05, 0) is 43.1 Å². The average molecular weight is 320 g/mol. The molecule has 2 aliphatic heterocycles. The van der Waals surface area contributed by atoms with E-state index >= 15 is 0 Å². The van der Waals surface area contributed by atoms with Gasteiger partial charge in [-0.1, -0.05) is 24.3 Å². The molecule has 2 saturated heterocycles. The zero-order valence-corrected chi connectivity index (χ0v) is 13.9. The molecule has 2 heterocycles. The van der Waals surface area contributed by atoms with E-state index in [-0.39, 0.29) is 17.7 Å². The monoisotopic (exact) mass is 320 g/mol. The molecule has 1 spiro atoms. The quantitative estimate of drug-likeness (QED) is 0.900. The molecular formula is C17H24N2O2S. The van der Waals surface area contributed by atoms with E-state index in [0.29, 0.717) is 6.54 Å². The van der Waals surface area contributed by atoms with Crippen LogP contribution in [0.1, 0.15) is 30.4 Å². The van der Waals surface area contributed by atoms with Crippen LogP contribution in [0.5, 0.6) is 0 Å². The second-order valence-electron chi connectivity index (χ2n) is 6.28. The van der Waals surface area contributed by atoms with Gasteiger partial charge in [0, 0.05) is 24.9 Å². The van der Waals surface area contributed by atoms with E-state index in [1.165, 1.54) is 11.3 Å². The van der Waals surface area contributed by atoms with E-state index in [0.717, 1.165) is 37.2 Å². The van der Waals surface area contributed by atoms with Gasteiger partial charge < -0.3 is 15.4 Å². The maximum absolute atomic E-state index is 12.1. The van der Waals surface area contributed by atoms with Crippen LogP contribution in [0.2, 0.25) is 0 Å². The summed E-state index contributed by atoms with van der Waals surface area (Å²) < 4.78 is 5.99. The van der Waals surface area contributed by atoms with E-state index in [1.54, 1.807) is 0 Å². The average Bonchev–Trinajstić information content (AvgIpc) is 2.94. The van der Waals surface area contributed by atoms with Gasteiger partial charge in [-0.2, -0.15) is 11.8 Å². The molecule has 22 heavy (non-hydrogen) atoms. The third-order valence-electron chi connectivity index (χ3n) is 4.60.